The van der Waals surface area contributed by atoms with E-state index in [1.54, 1.807) is 0 Å². The predicted octanol–water partition coefficient (Wildman–Crippen LogP) is 2.04. The highest BCUT2D eigenvalue weighted by Crippen LogP contribution is 2.27. The van der Waals surface area contributed by atoms with Crippen LogP contribution in [0.3, 0.4) is 0 Å². The molecule has 0 aromatic heterocycles. The van der Waals surface area contributed by atoms with Gasteiger partial charge in [-0.3, -0.25) is 4.90 Å². The standard InChI is InChI=1S/C16H27ClN4/c1-13(18)15-5-4-14(12-16(15)17)21-10-8-20(9-11-21)7-6-19(2)3/h4-5,12-13H,6-11,18H2,1-3H3. The zero-order valence-electron chi connectivity index (χ0n) is 13.3. The van der Waals surface area contributed by atoms with Gasteiger partial charge in [0.1, 0.15) is 0 Å². The Labute approximate surface area is 133 Å². The number of nitrogens with two attached hydrogens (primary N) is 1. The number of rotatable bonds is 5. The van der Waals surface area contributed by atoms with Gasteiger partial charge in [-0.25, -0.2) is 0 Å². The van der Waals surface area contributed by atoms with Crippen molar-refractivity contribution in [3.05, 3.63) is 28.8 Å². The zero-order valence-corrected chi connectivity index (χ0v) is 14.1. The molecule has 1 saturated heterocycles. The summed E-state index contributed by atoms with van der Waals surface area (Å²) >= 11 is 6.33. The minimum absolute atomic E-state index is 0.0190. The summed E-state index contributed by atoms with van der Waals surface area (Å²) in [6.07, 6.45) is 0. The normalized spacial score (nSPS) is 18.3. The van der Waals surface area contributed by atoms with Crippen LogP contribution in [0, 0.1) is 0 Å². The number of likely N-dealkylation sites (N-methyl/N-ethyl adjacent to an activating group) is 1. The van der Waals surface area contributed by atoms with Gasteiger partial charge in [0, 0.05) is 56.0 Å². The molecule has 0 amide bonds. The van der Waals surface area contributed by atoms with Crippen LogP contribution in [-0.4, -0.2) is 63.2 Å². The summed E-state index contributed by atoms with van der Waals surface area (Å²) in [5, 5.41) is 0.775. The smallest absolute Gasteiger partial charge is 0.0474 e. The third-order valence-electron chi connectivity index (χ3n) is 4.08. The SMILES string of the molecule is CC(N)c1ccc(N2CCN(CCN(C)C)CC2)cc1Cl. The number of halogens is 1. The summed E-state index contributed by atoms with van der Waals surface area (Å²) in [6.45, 7) is 8.56. The summed E-state index contributed by atoms with van der Waals surface area (Å²) in [6, 6.07) is 6.23. The first-order valence-corrected chi connectivity index (χ1v) is 8.02. The molecule has 1 heterocycles. The molecule has 2 rings (SSSR count). The topological polar surface area (TPSA) is 35.7 Å². The number of hydrogen-bond acceptors (Lipinski definition) is 4. The maximum absolute atomic E-state index is 6.33. The lowest BCUT2D eigenvalue weighted by molar-refractivity contribution is 0.229. The lowest BCUT2D eigenvalue weighted by Gasteiger charge is -2.36. The Kier molecular flexibility index (Phi) is 5.88. The second-order valence-electron chi connectivity index (χ2n) is 6.13. The van der Waals surface area contributed by atoms with E-state index in [0.29, 0.717) is 0 Å². The summed E-state index contributed by atoms with van der Waals surface area (Å²) in [4.78, 5) is 7.16. The molecule has 1 unspecified atom stereocenters. The Bertz CT molecular complexity index is 454. The quantitative estimate of drug-likeness (QED) is 0.903. The predicted molar refractivity (Wildman–Crippen MR) is 91.3 cm³/mol. The van der Waals surface area contributed by atoms with E-state index in [0.717, 1.165) is 49.9 Å². The number of hydrogen-bond donors (Lipinski definition) is 1. The number of nitrogens with zero attached hydrogens (tertiary/aromatic N) is 3. The molecule has 118 valence electrons. The molecule has 0 radical (unpaired) electrons. The Morgan fingerprint density at radius 2 is 1.90 bits per heavy atom. The van der Waals surface area contributed by atoms with Gasteiger partial charge in [-0.2, -0.15) is 0 Å². The molecule has 4 nitrogen and oxygen atoms in total. The van der Waals surface area contributed by atoms with Gasteiger partial charge in [0.2, 0.25) is 0 Å². The van der Waals surface area contributed by atoms with Gasteiger partial charge in [0.05, 0.1) is 0 Å². The highest BCUT2D eigenvalue weighted by molar-refractivity contribution is 6.31. The Morgan fingerprint density at radius 3 is 2.43 bits per heavy atom. The van der Waals surface area contributed by atoms with E-state index in [9.17, 15) is 0 Å². The summed E-state index contributed by atoms with van der Waals surface area (Å²) < 4.78 is 0. The molecule has 1 atom stereocenters. The first kappa shape index (κ1) is 16.6. The zero-order chi connectivity index (χ0) is 15.4. The van der Waals surface area contributed by atoms with Crippen LogP contribution < -0.4 is 10.6 Å². The van der Waals surface area contributed by atoms with Crippen molar-refractivity contribution in [1.29, 1.82) is 0 Å². The van der Waals surface area contributed by atoms with Crippen molar-refractivity contribution in [1.82, 2.24) is 9.80 Å². The van der Waals surface area contributed by atoms with Crippen molar-refractivity contribution in [2.45, 2.75) is 13.0 Å². The highest BCUT2D eigenvalue weighted by atomic mass is 35.5. The third-order valence-corrected chi connectivity index (χ3v) is 4.40. The lowest BCUT2D eigenvalue weighted by Crippen LogP contribution is -2.48. The Morgan fingerprint density at radius 1 is 1.24 bits per heavy atom. The molecule has 1 aliphatic heterocycles. The van der Waals surface area contributed by atoms with E-state index in [4.69, 9.17) is 17.3 Å². The van der Waals surface area contributed by atoms with Gasteiger partial charge in [-0.15, -0.1) is 0 Å². The molecule has 0 spiro atoms. The molecule has 1 aliphatic rings. The molecule has 21 heavy (non-hydrogen) atoms. The summed E-state index contributed by atoms with van der Waals surface area (Å²) in [5.41, 5.74) is 8.13. The van der Waals surface area contributed by atoms with Gasteiger partial charge in [-0.05, 0) is 38.7 Å². The van der Waals surface area contributed by atoms with Crippen molar-refractivity contribution >= 4 is 17.3 Å². The second kappa shape index (κ2) is 7.45. The molecule has 1 fully saturated rings. The van der Waals surface area contributed by atoms with E-state index < -0.39 is 0 Å². The van der Waals surface area contributed by atoms with E-state index in [1.165, 1.54) is 5.69 Å². The average molecular weight is 311 g/mol. The van der Waals surface area contributed by atoms with Crippen LogP contribution in [0.25, 0.3) is 0 Å². The van der Waals surface area contributed by atoms with E-state index in [-0.39, 0.29) is 6.04 Å². The molecular weight excluding hydrogens is 284 g/mol. The minimum Gasteiger partial charge on any atom is -0.369 e. The average Bonchev–Trinajstić information content (AvgIpc) is 2.45. The van der Waals surface area contributed by atoms with Gasteiger partial charge in [0.15, 0.2) is 0 Å². The maximum atomic E-state index is 6.33. The van der Waals surface area contributed by atoms with Crippen LogP contribution in [0.15, 0.2) is 18.2 Å². The highest BCUT2D eigenvalue weighted by Gasteiger charge is 2.18. The molecular formula is C16H27ClN4. The molecule has 0 bridgehead atoms. The molecule has 0 saturated carbocycles. The number of benzene rings is 1. The van der Waals surface area contributed by atoms with Crippen LogP contribution in [-0.2, 0) is 0 Å². The molecule has 0 aliphatic carbocycles. The van der Waals surface area contributed by atoms with Crippen molar-refractivity contribution in [2.75, 3.05) is 58.3 Å². The molecule has 5 heteroatoms. The fourth-order valence-electron chi connectivity index (χ4n) is 2.65. The lowest BCUT2D eigenvalue weighted by atomic mass is 10.1. The Hall–Kier alpha value is -0.810. The van der Waals surface area contributed by atoms with Gasteiger partial charge >= 0.3 is 0 Å². The van der Waals surface area contributed by atoms with Crippen LogP contribution in [0.4, 0.5) is 5.69 Å². The molecule has 1 aromatic rings. The summed E-state index contributed by atoms with van der Waals surface area (Å²) in [5.74, 6) is 0. The minimum atomic E-state index is -0.0190. The molecule has 1 aromatic carbocycles. The maximum Gasteiger partial charge on any atom is 0.0474 e. The van der Waals surface area contributed by atoms with Crippen LogP contribution >= 0.6 is 11.6 Å². The first-order valence-electron chi connectivity index (χ1n) is 7.64. The monoisotopic (exact) mass is 310 g/mol. The van der Waals surface area contributed by atoms with Gasteiger partial charge in [-0.1, -0.05) is 17.7 Å². The summed E-state index contributed by atoms with van der Waals surface area (Å²) in [7, 11) is 4.25. The van der Waals surface area contributed by atoms with Crippen molar-refractivity contribution in [3.8, 4) is 0 Å². The van der Waals surface area contributed by atoms with Gasteiger partial charge < -0.3 is 15.5 Å². The number of anilines is 1. The fourth-order valence-corrected chi connectivity index (χ4v) is 3.00. The largest absolute Gasteiger partial charge is 0.369 e. The first-order chi connectivity index (χ1) is 9.97. The van der Waals surface area contributed by atoms with E-state index >= 15 is 0 Å². The third kappa shape index (κ3) is 4.58. The Balaban J connectivity index is 1.91. The molecule has 2 N–H and O–H groups in total. The van der Waals surface area contributed by atoms with Crippen molar-refractivity contribution < 1.29 is 0 Å². The van der Waals surface area contributed by atoms with Crippen LogP contribution in [0.5, 0.6) is 0 Å². The van der Waals surface area contributed by atoms with Gasteiger partial charge in [0.25, 0.3) is 0 Å². The van der Waals surface area contributed by atoms with E-state index in [1.807, 2.05) is 6.92 Å². The van der Waals surface area contributed by atoms with Crippen LogP contribution in [0.2, 0.25) is 5.02 Å². The second-order valence-corrected chi connectivity index (χ2v) is 6.53. The van der Waals surface area contributed by atoms with E-state index in [2.05, 4.69) is 47.0 Å². The van der Waals surface area contributed by atoms with Crippen LogP contribution in [0.1, 0.15) is 18.5 Å². The fraction of sp³-hybridized carbons (Fsp3) is 0.625. The van der Waals surface area contributed by atoms with Crippen molar-refractivity contribution in [2.24, 2.45) is 5.73 Å². The number of piperazine rings is 1. The van der Waals surface area contributed by atoms with Crippen molar-refractivity contribution in [3.63, 3.8) is 0 Å².